The average molecular weight is 692 g/mol. The molecule has 42 heavy (non-hydrogen) atoms. The van der Waals surface area contributed by atoms with Crippen LogP contribution >= 0.6 is 24.4 Å². The molecule has 16 nitrogen and oxygen atoms in total. The molecule has 0 fully saturated rings. The second-order valence-electron chi connectivity index (χ2n) is 7.14. The fourth-order valence-electron chi connectivity index (χ4n) is 3.05. The first-order valence-electron chi connectivity index (χ1n) is 10.1. The van der Waals surface area contributed by atoms with E-state index >= 15 is 0 Å². The number of hydrogen-bond acceptors (Lipinski definition) is 18. The number of anilines is 1. The van der Waals surface area contributed by atoms with Crippen LogP contribution in [-0.2, 0) is 42.9 Å². The third kappa shape index (κ3) is 13.4. The largest absolute Gasteiger partial charge is 1.00 e. The topological polar surface area (TPSA) is 241 Å². The van der Waals surface area contributed by atoms with E-state index in [1.165, 1.54) is 48.5 Å². The van der Waals surface area contributed by atoms with Crippen molar-refractivity contribution >= 4 is 72.2 Å². The van der Waals surface area contributed by atoms with Gasteiger partial charge >= 0.3 is 88.7 Å². The molecule has 0 bridgehead atoms. The number of phenolic OH excluding ortho intramolecular Hbond substituents is 1. The molecule has 3 aromatic rings. The third-order valence-corrected chi connectivity index (χ3v) is 7.77. The Morgan fingerprint density at radius 1 is 0.881 bits per heavy atom. The van der Waals surface area contributed by atoms with Crippen LogP contribution in [0.25, 0.3) is 10.8 Å². The number of nitrogens with one attached hydrogen (secondary N) is 1. The van der Waals surface area contributed by atoms with E-state index in [9.17, 15) is 37.0 Å². The van der Waals surface area contributed by atoms with Crippen LogP contribution < -0.4 is 105 Å². The maximum atomic E-state index is 12.4. The number of azo groups is 1. The molecule has 23 heteroatoms. The second-order valence-corrected chi connectivity index (χ2v) is 11.9. The molecule has 2 N–H and O–H groups in total. The minimum Gasteiger partial charge on any atom is -0.747 e. The molecule has 0 saturated heterocycles. The SMILES string of the molecule is O=S(=O)([O-])CNc1ccc2c(O)cc(SOO[O-])cc2c1N=Nc1ccc(S(=O)(=O)CCOSOO[O-])cc1.[Na+].[Na+].[Na+]. The summed E-state index contributed by atoms with van der Waals surface area (Å²) in [5.74, 6) is -1.64. The molecule has 0 unspecified atom stereocenters. The molecular formula is C19H16N3Na3O13S4. The first kappa shape index (κ1) is 42.4. The van der Waals surface area contributed by atoms with Crippen LogP contribution in [0.3, 0.4) is 0 Å². The Hall–Kier alpha value is 0.400. The summed E-state index contributed by atoms with van der Waals surface area (Å²) in [5, 5.41) is 47.7. The Morgan fingerprint density at radius 2 is 1.55 bits per heavy atom. The van der Waals surface area contributed by atoms with E-state index in [0.717, 1.165) is 0 Å². The van der Waals surface area contributed by atoms with Gasteiger partial charge in [-0.3, -0.25) is 14.3 Å². The molecule has 0 heterocycles. The molecule has 0 spiro atoms. The van der Waals surface area contributed by atoms with Gasteiger partial charge in [0.25, 0.3) is 0 Å². The number of fused-ring (bicyclic) bond motifs is 1. The van der Waals surface area contributed by atoms with E-state index in [1.807, 2.05) is 0 Å². The van der Waals surface area contributed by atoms with E-state index in [0.29, 0.717) is 12.0 Å². The van der Waals surface area contributed by atoms with Gasteiger partial charge in [0, 0.05) is 15.7 Å². The summed E-state index contributed by atoms with van der Waals surface area (Å²) < 4.78 is 71.1. The van der Waals surface area contributed by atoms with Crippen molar-refractivity contribution in [3.05, 3.63) is 48.5 Å². The van der Waals surface area contributed by atoms with Crippen LogP contribution in [0.15, 0.2) is 68.6 Å². The van der Waals surface area contributed by atoms with Crippen molar-refractivity contribution in [2.45, 2.75) is 9.79 Å². The predicted molar refractivity (Wildman–Crippen MR) is 130 cm³/mol. The van der Waals surface area contributed by atoms with E-state index in [4.69, 9.17) is 4.18 Å². The maximum Gasteiger partial charge on any atom is 1.00 e. The van der Waals surface area contributed by atoms with Gasteiger partial charge in [0.05, 0.1) is 40.7 Å². The van der Waals surface area contributed by atoms with Crippen LogP contribution in [-0.4, -0.2) is 44.7 Å². The molecule has 3 aromatic carbocycles. The maximum absolute atomic E-state index is 12.4. The summed E-state index contributed by atoms with van der Waals surface area (Å²) in [6, 6.07) is 10.7. The molecule has 0 aromatic heterocycles. The van der Waals surface area contributed by atoms with E-state index in [-0.39, 0.29) is 151 Å². The smallest absolute Gasteiger partial charge is 0.747 e. The Kier molecular flexibility index (Phi) is 20.7. The summed E-state index contributed by atoms with van der Waals surface area (Å²) in [5.41, 5.74) is 0.267. The van der Waals surface area contributed by atoms with Crippen molar-refractivity contribution < 1.29 is 149 Å². The Morgan fingerprint density at radius 3 is 2.17 bits per heavy atom. The van der Waals surface area contributed by atoms with E-state index in [1.54, 1.807) is 0 Å². The molecule has 0 aliphatic carbocycles. The molecule has 0 aliphatic heterocycles. The van der Waals surface area contributed by atoms with Crippen LogP contribution in [0.4, 0.5) is 17.1 Å². The number of rotatable bonds is 15. The van der Waals surface area contributed by atoms with Gasteiger partial charge in [-0.25, -0.2) is 16.8 Å². The second kappa shape index (κ2) is 20.5. The molecule has 0 radical (unpaired) electrons. The summed E-state index contributed by atoms with van der Waals surface area (Å²) in [4.78, 5) is 0.154. The normalized spacial score (nSPS) is 11.5. The van der Waals surface area contributed by atoms with Crippen molar-refractivity contribution in [3.63, 3.8) is 0 Å². The average Bonchev–Trinajstić information content (AvgIpc) is 2.89. The minimum absolute atomic E-state index is 0. The molecule has 0 saturated carbocycles. The van der Waals surface area contributed by atoms with Crippen molar-refractivity contribution in [2.24, 2.45) is 10.2 Å². The molecular weight excluding hydrogens is 675 g/mol. The van der Waals surface area contributed by atoms with Crippen LogP contribution in [0.2, 0.25) is 0 Å². The third-order valence-electron chi connectivity index (χ3n) is 4.66. The Balaban J connectivity index is 0.00000560. The van der Waals surface area contributed by atoms with Crippen molar-refractivity contribution in [3.8, 4) is 5.75 Å². The molecule has 0 atom stereocenters. The van der Waals surface area contributed by atoms with Gasteiger partial charge in [-0.1, -0.05) is 0 Å². The van der Waals surface area contributed by atoms with Gasteiger partial charge in [-0.2, -0.15) is 9.45 Å². The van der Waals surface area contributed by atoms with Gasteiger partial charge in [0.1, 0.15) is 27.4 Å². The molecule has 3 rings (SSSR count). The Labute approximate surface area is 314 Å². The van der Waals surface area contributed by atoms with Gasteiger partial charge in [0.15, 0.2) is 22.2 Å². The molecule has 0 amide bonds. The van der Waals surface area contributed by atoms with Crippen molar-refractivity contribution in [1.29, 1.82) is 0 Å². The van der Waals surface area contributed by atoms with E-state index in [2.05, 4.69) is 34.3 Å². The fraction of sp³-hybridized carbons (Fsp3) is 0.158. The molecule has 0 aliphatic rings. The van der Waals surface area contributed by atoms with Gasteiger partial charge < -0.3 is 25.5 Å². The van der Waals surface area contributed by atoms with Crippen LogP contribution in [0.5, 0.6) is 5.75 Å². The quantitative estimate of drug-likeness (QED) is 0.0286. The van der Waals surface area contributed by atoms with Crippen LogP contribution in [0, 0.1) is 0 Å². The summed E-state index contributed by atoms with van der Waals surface area (Å²) >= 11 is 0.663. The van der Waals surface area contributed by atoms with E-state index < -0.39 is 31.6 Å². The minimum atomic E-state index is -4.67. The van der Waals surface area contributed by atoms with Gasteiger partial charge in [0.2, 0.25) is 0 Å². The number of nitrogens with zero attached hydrogens (tertiary/aromatic N) is 2. The summed E-state index contributed by atoms with van der Waals surface area (Å²) in [6.45, 7) is -0.299. The fourth-order valence-corrected chi connectivity index (χ4v) is 5.22. The zero-order valence-corrected chi connectivity index (χ0v) is 31.4. The summed E-state index contributed by atoms with van der Waals surface area (Å²) in [6.07, 6.45) is 0. The number of benzene rings is 3. The van der Waals surface area contributed by atoms with Gasteiger partial charge in [-0.05, 0) is 48.5 Å². The zero-order valence-electron chi connectivity index (χ0n) is 22.1. The van der Waals surface area contributed by atoms with Crippen molar-refractivity contribution in [2.75, 3.05) is 23.6 Å². The number of hydrogen-bond donors (Lipinski definition) is 2. The van der Waals surface area contributed by atoms with Crippen molar-refractivity contribution in [1.82, 2.24) is 0 Å². The van der Waals surface area contributed by atoms with Gasteiger partial charge in [-0.15, -0.1) is 9.45 Å². The monoisotopic (exact) mass is 691 g/mol. The standard InChI is InChI=1S/C19H19N3O13S4.3Na/c23-18-10-13(36-34-32-24)9-16-15(18)5-6-17(20-11-39(28,29)30)19(16)22-21-12-1-3-14(4-2-12)38(26,27)8-7-31-37-35-33-25;;;/h1-6,9-10,20,23-25H,7-8,11H2,(H,28,29,30);;;/q;3*+1/p-3. The number of sulfone groups is 1. The predicted octanol–water partition coefficient (Wildman–Crippen LogP) is -7.31. The number of phenols is 1. The zero-order chi connectivity index (χ0) is 28.5. The first-order valence-corrected chi connectivity index (χ1v) is 14.8. The number of aromatic hydroxyl groups is 1. The Bertz CT molecular complexity index is 1530. The molecule has 212 valence electrons. The first-order chi connectivity index (χ1) is 18.5. The van der Waals surface area contributed by atoms with Crippen LogP contribution in [0.1, 0.15) is 0 Å². The summed E-state index contributed by atoms with van der Waals surface area (Å²) in [7, 11) is -8.43.